The Morgan fingerprint density at radius 3 is 2.91 bits per heavy atom. The Hall–Kier alpha value is -0.740. The van der Waals surface area contributed by atoms with Gasteiger partial charge in [-0.2, -0.15) is 0 Å². The van der Waals surface area contributed by atoms with Gasteiger partial charge < -0.3 is 4.57 Å². The number of hydrogen-bond acceptors (Lipinski definition) is 3. The molecule has 11 heavy (non-hydrogen) atoms. The second-order valence-electron chi connectivity index (χ2n) is 2.11. The van der Waals surface area contributed by atoms with Crippen LogP contribution in [0.25, 0.3) is 0 Å². The van der Waals surface area contributed by atoms with Gasteiger partial charge in [-0.1, -0.05) is 0 Å². The first-order valence-corrected chi connectivity index (χ1v) is 4.23. The summed E-state index contributed by atoms with van der Waals surface area (Å²) < 4.78 is 1.62. The van der Waals surface area contributed by atoms with Gasteiger partial charge in [0.2, 0.25) is 0 Å². The summed E-state index contributed by atoms with van der Waals surface area (Å²) in [7, 11) is 0. The molecule has 2 N–H and O–H groups in total. The highest BCUT2D eigenvalue weighted by Gasteiger charge is 1.94. The molecular formula is C7H10N2OS. The van der Waals surface area contributed by atoms with E-state index in [1.165, 1.54) is 6.07 Å². The molecule has 0 fully saturated rings. The topological polar surface area (TPSA) is 48.0 Å². The van der Waals surface area contributed by atoms with E-state index in [1.807, 2.05) is 6.92 Å². The van der Waals surface area contributed by atoms with Gasteiger partial charge in [0.05, 0.1) is 0 Å². The molecule has 1 rings (SSSR count). The van der Waals surface area contributed by atoms with Crippen LogP contribution in [0.5, 0.6) is 0 Å². The maximum atomic E-state index is 11.0. The van der Waals surface area contributed by atoms with E-state index >= 15 is 0 Å². The molecule has 0 bridgehead atoms. The number of hydrogen-bond donors (Lipinski definition) is 1. The van der Waals surface area contributed by atoms with Gasteiger partial charge in [0, 0.05) is 23.7 Å². The predicted molar refractivity (Wildman–Crippen MR) is 46.4 cm³/mol. The van der Waals surface area contributed by atoms with E-state index in [1.54, 1.807) is 16.8 Å². The fourth-order valence-corrected chi connectivity index (χ4v) is 1.16. The van der Waals surface area contributed by atoms with Crippen molar-refractivity contribution >= 4 is 11.9 Å². The molecule has 60 valence electrons. The Morgan fingerprint density at radius 1 is 1.64 bits per heavy atom. The van der Waals surface area contributed by atoms with Gasteiger partial charge in [0.25, 0.3) is 5.56 Å². The molecule has 0 spiro atoms. The van der Waals surface area contributed by atoms with Crippen molar-refractivity contribution in [2.24, 2.45) is 5.14 Å². The van der Waals surface area contributed by atoms with Crippen molar-refractivity contribution in [1.29, 1.82) is 0 Å². The molecule has 0 aliphatic rings. The van der Waals surface area contributed by atoms with Crippen molar-refractivity contribution < 1.29 is 0 Å². The Balaban J connectivity index is 3.13. The third kappa shape index (κ3) is 1.85. The molecule has 0 saturated carbocycles. The van der Waals surface area contributed by atoms with Gasteiger partial charge in [-0.05, 0) is 24.9 Å². The number of aryl methyl sites for hydroxylation is 1. The van der Waals surface area contributed by atoms with Crippen molar-refractivity contribution in [3.8, 4) is 0 Å². The van der Waals surface area contributed by atoms with Gasteiger partial charge in [0.15, 0.2) is 0 Å². The normalized spacial score (nSPS) is 10.0. The first-order chi connectivity index (χ1) is 5.27. The summed E-state index contributed by atoms with van der Waals surface area (Å²) in [6, 6.07) is 3.25. The molecule has 0 saturated heterocycles. The fraction of sp³-hybridized carbons (Fsp3) is 0.286. The molecule has 0 aliphatic carbocycles. The smallest absolute Gasteiger partial charge is 0.250 e. The van der Waals surface area contributed by atoms with E-state index < -0.39 is 0 Å². The summed E-state index contributed by atoms with van der Waals surface area (Å²) in [5, 5.41) is 5.32. The zero-order valence-electron chi connectivity index (χ0n) is 6.28. The molecule has 0 atom stereocenters. The lowest BCUT2D eigenvalue weighted by Gasteiger charge is -2.01. The summed E-state index contributed by atoms with van der Waals surface area (Å²) in [6.45, 7) is 2.61. The van der Waals surface area contributed by atoms with Crippen molar-refractivity contribution in [2.75, 3.05) is 0 Å². The van der Waals surface area contributed by atoms with Crippen molar-refractivity contribution in [3.05, 3.63) is 28.7 Å². The lowest BCUT2D eigenvalue weighted by molar-refractivity contribution is 0.715. The lowest BCUT2D eigenvalue weighted by Crippen LogP contribution is -2.16. The third-order valence-corrected chi connectivity index (χ3v) is 1.95. The van der Waals surface area contributed by atoms with Gasteiger partial charge in [0.1, 0.15) is 0 Å². The van der Waals surface area contributed by atoms with Crippen LogP contribution in [0, 0.1) is 0 Å². The van der Waals surface area contributed by atoms with E-state index in [4.69, 9.17) is 5.14 Å². The summed E-state index contributed by atoms with van der Waals surface area (Å²) >= 11 is 1.15. The number of pyridine rings is 1. The highest BCUT2D eigenvalue weighted by molar-refractivity contribution is 7.97. The summed E-state index contributed by atoms with van der Waals surface area (Å²) in [6.07, 6.45) is 1.76. The molecule has 1 heterocycles. The maximum absolute atomic E-state index is 11.0. The second kappa shape index (κ2) is 3.59. The average molecular weight is 170 g/mol. The van der Waals surface area contributed by atoms with Crippen LogP contribution in [0.2, 0.25) is 0 Å². The van der Waals surface area contributed by atoms with Crippen molar-refractivity contribution in [2.45, 2.75) is 18.4 Å². The molecule has 1 aromatic rings. The van der Waals surface area contributed by atoms with Gasteiger partial charge in [-0.25, -0.2) is 0 Å². The van der Waals surface area contributed by atoms with Crippen molar-refractivity contribution in [3.63, 3.8) is 0 Å². The third-order valence-electron chi connectivity index (χ3n) is 1.43. The Morgan fingerprint density at radius 2 is 2.36 bits per heavy atom. The number of nitrogens with two attached hydrogens (primary N) is 1. The van der Waals surface area contributed by atoms with E-state index in [9.17, 15) is 4.79 Å². The van der Waals surface area contributed by atoms with Gasteiger partial charge >= 0.3 is 0 Å². The van der Waals surface area contributed by atoms with Crippen LogP contribution in [0.15, 0.2) is 28.0 Å². The van der Waals surface area contributed by atoms with Crippen molar-refractivity contribution in [1.82, 2.24) is 4.57 Å². The van der Waals surface area contributed by atoms with Gasteiger partial charge in [-0.15, -0.1) is 0 Å². The second-order valence-corrected chi connectivity index (χ2v) is 2.81. The summed E-state index contributed by atoms with van der Waals surface area (Å²) in [4.78, 5) is 11.9. The lowest BCUT2D eigenvalue weighted by atomic mass is 10.5. The monoisotopic (exact) mass is 170 g/mol. The first-order valence-electron chi connectivity index (χ1n) is 3.35. The minimum absolute atomic E-state index is 0.0188. The number of nitrogens with zero attached hydrogens (tertiary/aromatic N) is 1. The highest BCUT2D eigenvalue weighted by atomic mass is 32.2. The molecule has 1 aromatic heterocycles. The molecule has 0 aromatic carbocycles. The zero-order valence-corrected chi connectivity index (χ0v) is 7.10. The zero-order chi connectivity index (χ0) is 8.27. The van der Waals surface area contributed by atoms with E-state index in [-0.39, 0.29) is 5.56 Å². The molecule has 0 aliphatic heterocycles. The van der Waals surface area contributed by atoms with Crippen LogP contribution in [-0.4, -0.2) is 4.57 Å². The van der Waals surface area contributed by atoms with Crippen LogP contribution in [0.1, 0.15) is 6.92 Å². The Bertz CT molecular complexity index is 295. The standard InChI is InChI=1S/C7H10N2OS/c1-2-9-5-6(11-8)3-4-7(9)10/h3-5H,2,8H2,1H3. The maximum Gasteiger partial charge on any atom is 0.250 e. The van der Waals surface area contributed by atoms with E-state index in [0.717, 1.165) is 16.8 Å². The van der Waals surface area contributed by atoms with Crippen LogP contribution in [-0.2, 0) is 6.54 Å². The van der Waals surface area contributed by atoms with Crippen LogP contribution >= 0.6 is 11.9 Å². The van der Waals surface area contributed by atoms with Crippen LogP contribution < -0.4 is 10.7 Å². The summed E-state index contributed by atoms with van der Waals surface area (Å²) in [5.41, 5.74) is 0.0188. The molecule has 0 amide bonds. The molecular weight excluding hydrogens is 160 g/mol. The number of rotatable bonds is 2. The Kier molecular flexibility index (Phi) is 2.73. The number of aromatic nitrogens is 1. The van der Waals surface area contributed by atoms with Gasteiger partial charge in [-0.3, -0.25) is 9.93 Å². The largest absolute Gasteiger partial charge is 0.315 e. The highest BCUT2D eigenvalue weighted by Crippen LogP contribution is 2.07. The summed E-state index contributed by atoms with van der Waals surface area (Å²) in [5.74, 6) is 0. The molecule has 3 nitrogen and oxygen atoms in total. The SMILES string of the molecule is CCn1cc(SN)ccc1=O. The average Bonchev–Trinajstić information content (AvgIpc) is 2.05. The van der Waals surface area contributed by atoms with Crippen LogP contribution in [0.3, 0.4) is 0 Å². The Labute approximate surface area is 69.4 Å². The first kappa shape index (κ1) is 8.36. The van der Waals surface area contributed by atoms with Crippen LogP contribution in [0.4, 0.5) is 0 Å². The minimum Gasteiger partial charge on any atom is -0.315 e. The molecule has 0 radical (unpaired) electrons. The predicted octanol–water partition coefficient (Wildman–Crippen LogP) is 0.834. The minimum atomic E-state index is 0.0188. The molecule has 0 unspecified atom stereocenters. The van der Waals surface area contributed by atoms with E-state index in [2.05, 4.69) is 0 Å². The molecule has 4 heteroatoms. The van der Waals surface area contributed by atoms with E-state index in [0.29, 0.717) is 6.54 Å². The quantitative estimate of drug-likeness (QED) is 0.669. The fourth-order valence-electron chi connectivity index (χ4n) is 0.826.